The normalized spacial score (nSPS) is 14.2. The molecular formula is C30H22N2. The largest absolute Gasteiger partial charge is 0.294 e. The first-order chi connectivity index (χ1) is 15.6. The van der Waals surface area contributed by atoms with Crippen molar-refractivity contribution >= 4 is 32.6 Å². The first-order valence-electron chi connectivity index (χ1n) is 11.2. The third kappa shape index (κ3) is 2.17. The van der Waals surface area contributed by atoms with Crippen molar-refractivity contribution in [2.45, 2.75) is 19.3 Å². The molecule has 0 bridgehead atoms. The van der Waals surface area contributed by atoms with E-state index in [1.807, 2.05) is 12.3 Å². The summed E-state index contributed by atoms with van der Waals surface area (Å²) in [4.78, 5) is 4.67. The number of pyridine rings is 1. The van der Waals surface area contributed by atoms with E-state index >= 15 is 0 Å². The molecule has 0 saturated carbocycles. The molecule has 6 aromatic rings. The lowest BCUT2D eigenvalue weighted by Crippen LogP contribution is -2.14. The van der Waals surface area contributed by atoms with E-state index in [2.05, 4.69) is 108 Å². The summed E-state index contributed by atoms with van der Waals surface area (Å²) in [5, 5.41) is 5.13. The highest BCUT2D eigenvalue weighted by molar-refractivity contribution is 6.16. The van der Waals surface area contributed by atoms with Crippen LogP contribution < -0.4 is 0 Å². The molecule has 0 spiro atoms. The van der Waals surface area contributed by atoms with Crippen molar-refractivity contribution in [2.75, 3.05) is 0 Å². The Morgan fingerprint density at radius 3 is 2.34 bits per heavy atom. The van der Waals surface area contributed by atoms with Crippen molar-refractivity contribution in [3.63, 3.8) is 0 Å². The van der Waals surface area contributed by atoms with E-state index in [9.17, 15) is 0 Å². The fourth-order valence-corrected chi connectivity index (χ4v) is 5.72. The molecule has 0 atom stereocenters. The SMILES string of the molecule is CC1(C)c2ccccc2-c2c1ccc1cc3c(cc21)c1ccccc1n3-c1ccccn1. The van der Waals surface area contributed by atoms with Gasteiger partial charge in [-0.05, 0) is 63.4 Å². The number of rotatable bonds is 1. The molecule has 0 saturated heterocycles. The van der Waals surface area contributed by atoms with E-state index in [-0.39, 0.29) is 5.41 Å². The van der Waals surface area contributed by atoms with Crippen molar-refractivity contribution < 1.29 is 0 Å². The molecule has 2 heterocycles. The van der Waals surface area contributed by atoms with Crippen LogP contribution in [0.1, 0.15) is 25.0 Å². The van der Waals surface area contributed by atoms with E-state index in [1.54, 1.807) is 0 Å². The Bertz CT molecular complexity index is 1690. The predicted octanol–water partition coefficient (Wildman–Crippen LogP) is 7.64. The molecule has 152 valence electrons. The van der Waals surface area contributed by atoms with E-state index in [0.29, 0.717) is 0 Å². The molecular weight excluding hydrogens is 388 g/mol. The molecule has 7 rings (SSSR count). The van der Waals surface area contributed by atoms with Gasteiger partial charge < -0.3 is 0 Å². The summed E-state index contributed by atoms with van der Waals surface area (Å²) < 4.78 is 2.29. The molecule has 2 nitrogen and oxygen atoms in total. The van der Waals surface area contributed by atoms with Crippen LogP contribution in [0.3, 0.4) is 0 Å². The Morgan fingerprint density at radius 1 is 0.656 bits per heavy atom. The summed E-state index contributed by atoms with van der Waals surface area (Å²) in [7, 11) is 0. The van der Waals surface area contributed by atoms with Crippen LogP contribution in [0.5, 0.6) is 0 Å². The molecule has 1 aliphatic rings. The Labute approximate surface area is 186 Å². The highest BCUT2D eigenvalue weighted by Gasteiger charge is 2.36. The Kier molecular flexibility index (Phi) is 3.37. The predicted molar refractivity (Wildman–Crippen MR) is 134 cm³/mol. The summed E-state index contributed by atoms with van der Waals surface area (Å²) in [6, 6.07) is 33.0. The van der Waals surface area contributed by atoms with Gasteiger partial charge in [-0.25, -0.2) is 4.98 Å². The van der Waals surface area contributed by atoms with Crippen LogP contribution in [-0.4, -0.2) is 9.55 Å². The van der Waals surface area contributed by atoms with Gasteiger partial charge >= 0.3 is 0 Å². The molecule has 0 radical (unpaired) electrons. The Hall–Kier alpha value is -3.91. The third-order valence-corrected chi connectivity index (χ3v) is 7.23. The molecule has 32 heavy (non-hydrogen) atoms. The first kappa shape index (κ1) is 17.7. The number of benzene rings is 4. The highest BCUT2D eigenvalue weighted by Crippen LogP contribution is 2.51. The van der Waals surface area contributed by atoms with Gasteiger partial charge in [0.1, 0.15) is 5.82 Å². The van der Waals surface area contributed by atoms with Gasteiger partial charge in [-0.2, -0.15) is 0 Å². The molecule has 0 amide bonds. The van der Waals surface area contributed by atoms with Crippen LogP contribution in [0, 0.1) is 0 Å². The smallest absolute Gasteiger partial charge is 0.137 e. The lowest BCUT2D eigenvalue weighted by atomic mass is 9.82. The summed E-state index contributed by atoms with van der Waals surface area (Å²) >= 11 is 0. The average Bonchev–Trinajstić information content (AvgIpc) is 3.27. The van der Waals surface area contributed by atoms with Crippen molar-refractivity contribution in [3.8, 4) is 16.9 Å². The van der Waals surface area contributed by atoms with Crippen molar-refractivity contribution in [2.24, 2.45) is 0 Å². The van der Waals surface area contributed by atoms with Crippen molar-refractivity contribution in [3.05, 3.63) is 108 Å². The number of aromatic nitrogens is 2. The molecule has 0 N–H and O–H groups in total. The lowest BCUT2D eigenvalue weighted by molar-refractivity contribution is 0.661. The van der Waals surface area contributed by atoms with Crippen LogP contribution in [0.2, 0.25) is 0 Å². The monoisotopic (exact) mass is 410 g/mol. The molecule has 0 unspecified atom stereocenters. The maximum atomic E-state index is 4.67. The van der Waals surface area contributed by atoms with Gasteiger partial charge in [0.15, 0.2) is 0 Å². The number of hydrogen-bond donors (Lipinski definition) is 0. The van der Waals surface area contributed by atoms with Crippen LogP contribution in [0.15, 0.2) is 97.2 Å². The van der Waals surface area contributed by atoms with E-state index < -0.39 is 0 Å². The second-order valence-corrected chi connectivity index (χ2v) is 9.29. The van der Waals surface area contributed by atoms with E-state index in [0.717, 1.165) is 5.82 Å². The maximum absolute atomic E-state index is 4.67. The lowest BCUT2D eigenvalue weighted by Gasteiger charge is -2.21. The number of nitrogens with zero attached hydrogens (tertiary/aromatic N) is 2. The van der Waals surface area contributed by atoms with Crippen LogP contribution in [0.25, 0.3) is 49.5 Å². The van der Waals surface area contributed by atoms with Crippen LogP contribution in [-0.2, 0) is 5.41 Å². The maximum Gasteiger partial charge on any atom is 0.137 e. The summed E-state index contributed by atoms with van der Waals surface area (Å²) in [6.07, 6.45) is 1.86. The number of para-hydroxylation sites is 1. The minimum atomic E-state index is 0.0109. The number of fused-ring (bicyclic) bond motifs is 8. The zero-order valence-corrected chi connectivity index (χ0v) is 18.1. The second-order valence-electron chi connectivity index (χ2n) is 9.29. The van der Waals surface area contributed by atoms with Crippen molar-refractivity contribution in [1.82, 2.24) is 9.55 Å². The van der Waals surface area contributed by atoms with E-state index in [1.165, 1.54) is 54.8 Å². The fraction of sp³-hybridized carbons (Fsp3) is 0.100. The van der Waals surface area contributed by atoms with Gasteiger partial charge in [-0.15, -0.1) is 0 Å². The first-order valence-corrected chi connectivity index (χ1v) is 11.2. The zero-order valence-electron chi connectivity index (χ0n) is 18.1. The minimum Gasteiger partial charge on any atom is -0.294 e. The van der Waals surface area contributed by atoms with Gasteiger partial charge in [0.05, 0.1) is 11.0 Å². The highest BCUT2D eigenvalue weighted by atomic mass is 15.1. The van der Waals surface area contributed by atoms with Gasteiger partial charge in [0, 0.05) is 22.4 Å². The zero-order chi connectivity index (χ0) is 21.4. The van der Waals surface area contributed by atoms with Gasteiger partial charge in [-0.3, -0.25) is 4.57 Å². The summed E-state index contributed by atoms with van der Waals surface area (Å²) in [5.41, 5.74) is 7.98. The number of hydrogen-bond acceptors (Lipinski definition) is 1. The molecule has 4 aromatic carbocycles. The van der Waals surface area contributed by atoms with Gasteiger partial charge in [-0.1, -0.05) is 74.5 Å². The molecule has 0 fully saturated rings. The second kappa shape index (κ2) is 6.08. The molecule has 0 aliphatic heterocycles. The van der Waals surface area contributed by atoms with Gasteiger partial charge in [0.2, 0.25) is 0 Å². The average molecular weight is 411 g/mol. The van der Waals surface area contributed by atoms with Crippen LogP contribution >= 0.6 is 0 Å². The minimum absolute atomic E-state index is 0.0109. The van der Waals surface area contributed by atoms with Crippen LogP contribution in [0.4, 0.5) is 0 Å². The Morgan fingerprint density at radius 2 is 1.47 bits per heavy atom. The topological polar surface area (TPSA) is 17.8 Å². The fourth-order valence-electron chi connectivity index (χ4n) is 5.72. The Balaban J connectivity index is 1.66. The molecule has 2 heteroatoms. The quantitative estimate of drug-likeness (QED) is 0.272. The standard InChI is InChI=1S/C30H22N2/c1-30(2)24-11-5-3-10-21(24)29-22-18-23-20-9-4-6-12-26(20)32(28-13-7-8-16-31-28)27(23)17-19(22)14-15-25(29)30/h3-18H,1-2H3. The molecule has 1 aliphatic carbocycles. The summed E-state index contributed by atoms with van der Waals surface area (Å²) in [6.45, 7) is 4.68. The molecule has 2 aromatic heterocycles. The summed E-state index contributed by atoms with van der Waals surface area (Å²) in [5.74, 6) is 0.950. The van der Waals surface area contributed by atoms with Gasteiger partial charge in [0.25, 0.3) is 0 Å². The van der Waals surface area contributed by atoms with Crippen molar-refractivity contribution in [1.29, 1.82) is 0 Å². The third-order valence-electron chi connectivity index (χ3n) is 7.23. The van der Waals surface area contributed by atoms with E-state index in [4.69, 9.17) is 0 Å².